The van der Waals surface area contributed by atoms with Crippen LogP contribution in [0.4, 0.5) is 5.69 Å². The number of nitrogens with one attached hydrogen (secondary N) is 1. The third-order valence-electron chi connectivity index (χ3n) is 3.69. The molecule has 0 bridgehead atoms. The molecule has 0 fully saturated rings. The highest BCUT2D eigenvalue weighted by Gasteiger charge is 2.17. The van der Waals surface area contributed by atoms with Crippen LogP contribution in [0.2, 0.25) is 0 Å². The van der Waals surface area contributed by atoms with E-state index in [-0.39, 0.29) is 18.3 Å². The Kier molecular flexibility index (Phi) is 6.93. The van der Waals surface area contributed by atoms with E-state index in [0.717, 1.165) is 0 Å². The Balaban J connectivity index is 0.00000242. The second-order valence-electron chi connectivity index (χ2n) is 5.59. The van der Waals surface area contributed by atoms with Gasteiger partial charge in [-0.1, -0.05) is 44.2 Å². The molecule has 4 heteroatoms. The molecule has 118 valence electrons. The van der Waals surface area contributed by atoms with Crippen molar-refractivity contribution in [1.82, 2.24) is 5.32 Å². The summed E-state index contributed by atoms with van der Waals surface area (Å²) >= 11 is 0. The molecule has 2 aromatic carbocycles. The second kappa shape index (κ2) is 8.44. The lowest BCUT2D eigenvalue weighted by Crippen LogP contribution is -2.30. The molecule has 2 rings (SSSR count). The molecule has 1 unspecified atom stereocenters. The average Bonchev–Trinajstić information content (AvgIpc) is 2.48. The third kappa shape index (κ3) is 4.78. The average molecular weight is 319 g/mol. The number of nitrogen functional groups attached to an aromatic ring is 1. The topological polar surface area (TPSA) is 55.1 Å². The van der Waals surface area contributed by atoms with Crippen molar-refractivity contribution in [2.45, 2.75) is 19.8 Å². The van der Waals surface area contributed by atoms with Gasteiger partial charge >= 0.3 is 0 Å². The highest BCUT2D eigenvalue weighted by molar-refractivity contribution is 5.94. The number of nitrogens with two attached hydrogens (primary N) is 1. The number of carbonyl (C=O) groups is 1. The van der Waals surface area contributed by atoms with Crippen LogP contribution in [-0.4, -0.2) is 12.5 Å². The molecule has 0 radical (unpaired) electrons. The maximum absolute atomic E-state index is 12.2. The first kappa shape index (κ1) is 18.1. The number of amides is 1. The van der Waals surface area contributed by atoms with Gasteiger partial charge in [-0.3, -0.25) is 4.79 Å². The molecule has 0 heterocycles. The van der Waals surface area contributed by atoms with Gasteiger partial charge in [0.15, 0.2) is 0 Å². The van der Waals surface area contributed by atoms with E-state index in [0.29, 0.717) is 29.6 Å². The Morgan fingerprint density at radius 3 is 2.18 bits per heavy atom. The van der Waals surface area contributed by atoms with E-state index >= 15 is 0 Å². The molecule has 0 saturated heterocycles. The van der Waals surface area contributed by atoms with E-state index < -0.39 is 0 Å². The van der Waals surface area contributed by atoms with Crippen molar-refractivity contribution in [2.24, 2.45) is 5.92 Å². The predicted molar refractivity (Wildman–Crippen MR) is 94.5 cm³/mol. The Bertz CT molecular complexity index is 582. The van der Waals surface area contributed by atoms with Gasteiger partial charge in [0, 0.05) is 23.7 Å². The quantitative estimate of drug-likeness (QED) is 0.822. The highest BCUT2D eigenvalue weighted by atomic mass is 35.5. The Hall–Kier alpha value is -2.00. The normalized spacial score (nSPS) is 11.6. The van der Waals surface area contributed by atoms with E-state index in [9.17, 15) is 4.79 Å². The molecular formula is C18H23ClN2O. The number of halogens is 1. The first-order valence-corrected chi connectivity index (χ1v) is 7.26. The van der Waals surface area contributed by atoms with Gasteiger partial charge in [0.05, 0.1) is 0 Å². The minimum absolute atomic E-state index is 0. The zero-order valence-electron chi connectivity index (χ0n) is 13.0. The maximum atomic E-state index is 12.2. The number of hydrogen-bond acceptors (Lipinski definition) is 2. The lowest BCUT2D eigenvalue weighted by Gasteiger charge is -2.22. The van der Waals surface area contributed by atoms with Gasteiger partial charge in [-0.25, -0.2) is 0 Å². The van der Waals surface area contributed by atoms with Crippen LogP contribution in [0.5, 0.6) is 0 Å². The fourth-order valence-corrected chi connectivity index (χ4v) is 2.38. The van der Waals surface area contributed by atoms with Crippen molar-refractivity contribution >= 4 is 24.0 Å². The Labute approximate surface area is 138 Å². The van der Waals surface area contributed by atoms with Gasteiger partial charge in [-0.15, -0.1) is 12.4 Å². The zero-order valence-corrected chi connectivity index (χ0v) is 13.8. The minimum atomic E-state index is -0.0587. The number of hydrogen-bond donors (Lipinski definition) is 2. The predicted octanol–water partition coefficient (Wildman–Crippen LogP) is 3.86. The minimum Gasteiger partial charge on any atom is -0.399 e. The summed E-state index contributed by atoms with van der Waals surface area (Å²) in [7, 11) is 0. The summed E-state index contributed by atoms with van der Waals surface area (Å²) in [5, 5.41) is 3.02. The largest absolute Gasteiger partial charge is 0.399 e. The van der Waals surface area contributed by atoms with E-state index in [4.69, 9.17) is 5.73 Å². The number of benzene rings is 2. The zero-order chi connectivity index (χ0) is 15.2. The van der Waals surface area contributed by atoms with Crippen molar-refractivity contribution in [3.63, 3.8) is 0 Å². The van der Waals surface area contributed by atoms with E-state index in [1.54, 1.807) is 24.3 Å². The van der Waals surface area contributed by atoms with Crippen LogP contribution >= 0.6 is 12.4 Å². The summed E-state index contributed by atoms with van der Waals surface area (Å²) in [6.45, 7) is 4.98. The highest BCUT2D eigenvalue weighted by Crippen LogP contribution is 2.23. The first-order valence-electron chi connectivity index (χ1n) is 7.26. The van der Waals surface area contributed by atoms with Crippen LogP contribution in [0.15, 0.2) is 54.6 Å². The van der Waals surface area contributed by atoms with Gasteiger partial charge in [-0.05, 0) is 35.7 Å². The maximum Gasteiger partial charge on any atom is 0.251 e. The molecule has 1 atom stereocenters. The Morgan fingerprint density at radius 1 is 1.05 bits per heavy atom. The number of rotatable bonds is 5. The summed E-state index contributed by atoms with van der Waals surface area (Å²) in [5.41, 5.74) is 8.19. The van der Waals surface area contributed by atoms with E-state index in [2.05, 4.69) is 31.3 Å². The van der Waals surface area contributed by atoms with Gasteiger partial charge < -0.3 is 11.1 Å². The monoisotopic (exact) mass is 318 g/mol. The fraction of sp³-hybridized carbons (Fsp3) is 0.278. The van der Waals surface area contributed by atoms with Gasteiger partial charge in [0.2, 0.25) is 0 Å². The molecular weight excluding hydrogens is 296 g/mol. The fourth-order valence-electron chi connectivity index (χ4n) is 2.38. The van der Waals surface area contributed by atoms with Crippen molar-refractivity contribution in [3.8, 4) is 0 Å². The summed E-state index contributed by atoms with van der Waals surface area (Å²) in [5.74, 6) is 0.708. The Morgan fingerprint density at radius 2 is 1.64 bits per heavy atom. The van der Waals surface area contributed by atoms with Crippen LogP contribution in [0.25, 0.3) is 0 Å². The van der Waals surface area contributed by atoms with E-state index in [1.807, 2.05) is 18.2 Å². The lowest BCUT2D eigenvalue weighted by atomic mass is 9.88. The molecule has 1 amide bonds. The van der Waals surface area contributed by atoms with Crippen LogP contribution in [0.1, 0.15) is 35.7 Å². The van der Waals surface area contributed by atoms with Crippen molar-refractivity contribution in [2.75, 3.05) is 12.3 Å². The van der Waals surface area contributed by atoms with Crippen molar-refractivity contribution in [3.05, 3.63) is 65.7 Å². The standard InChI is InChI=1S/C18H22N2O.ClH/c1-13(2)17(14-6-4-3-5-7-14)12-20-18(21)15-8-10-16(19)11-9-15;/h3-11,13,17H,12,19H2,1-2H3,(H,20,21);1H. The molecule has 3 N–H and O–H groups in total. The van der Waals surface area contributed by atoms with Crippen LogP contribution < -0.4 is 11.1 Å². The molecule has 0 saturated carbocycles. The van der Waals surface area contributed by atoms with Crippen molar-refractivity contribution < 1.29 is 4.79 Å². The van der Waals surface area contributed by atoms with Crippen molar-refractivity contribution in [1.29, 1.82) is 0 Å². The van der Waals surface area contributed by atoms with Crippen LogP contribution in [0.3, 0.4) is 0 Å². The molecule has 0 aromatic heterocycles. The lowest BCUT2D eigenvalue weighted by molar-refractivity contribution is 0.0949. The van der Waals surface area contributed by atoms with Gasteiger partial charge in [0.1, 0.15) is 0 Å². The van der Waals surface area contributed by atoms with Crippen LogP contribution in [0, 0.1) is 5.92 Å². The third-order valence-corrected chi connectivity index (χ3v) is 3.69. The van der Waals surface area contributed by atoms with E-state index in [1.165, 1.54) is 5.56 Å². The van der Waals surface area contributed by atoms with Gasteiger partial charge in [0.25, 0.3) is 5.91 Å². The number of anilines is 1. The van der Waals surface area contributed by atoms with Crippen LogP contribution in [-0.2, 0) is 0 Å². The SMILES string of the molecule is CC(C)C(CNC(=O)c1ccc(N)cc1)c1ccccc1.Cl. The molecule has 0 aliphatic carbocycles. The smallest absolute Gasteiger partial charge is 0.251 e. The number of carbonyl (C=O) groups excluding carboxylic acids is 1. The molecule has 0 aliphatic rings. The molecule has 3 nitrogen and oxygen atoms in total. The summed E-state index contributed by atoms with van der Waals surface area (Å²) in [4.78, 5) is 12.2. The first-order chi connectivity index (χ1) is 10.1. The second-order valence-corrected chi connectivity index (χ2v) is 5.59. The molecule has 0 spiro atoms. The summed E-state index contributed by atoms with van der Waals surface area (Å²) in [6, 6.07) is 17.3. The molecule has 2 aromatic rings. The summed E-state index contributed by atoms with van der Waals surface area (Å²) in [6.07, 6.45) is 0. The molecule has 22 heavy (non-hydrogen) atoms. The van der Waals surface area contributed by atoms with Gasteiger partial charge in [-0.2, -0.15) is 0 Å². The summed E-state index contributed by atoms with van der Waals surface area (Å²) < 4.78 is 0. The molecule has 0 aliphatic heterocycles.